The number of ketones is 1. The van der Waals surface area contributed by atoms with Gasteiger partial charge in [0.05, 0.1) is 7.11 Å². The van der Waals surface area contributed by atoms with E-state index in [-0.39, 0.29) is 5.78 Å². The zero-order chi connectivity index (χ0) is 15.2. The van der Waals surface area contributed by atoms with Gasteiger partial charge in [-0.1, -0.05) is 48.0 Å². The number of halogens is 1. The third-order valence-electron chi connectivity index (χ3n) is 2.90. The zero-order valence-electron chi connectivity index (χ0n) is 11.4. The Morgan fingerprint density at radius 1 is 1.10 bits per heavy atom. The molecule has 0 atom stereocenters. The van der Waals surface area contributed by atoms with Crippen molar-refractivity contribution in [1.82, 2.24) is 0 Å². The van der Waals surface area contributed by atoms with Crippen LogP contribution in [-0.2, 0) is 9.53 Å². The van der Waals surface area contributed by atoms with Crippen molar-refractivity contribution in [3.63, 3.8) is 0 Å². The Morgan fingerprint density at radius 3 is 2.48 bits per heavy atom. The first-order valence-corrected chi connectivity index (χ1v) is 6.65. The number of esters is 1. The molecular weight excluding hydrogens is 288 g/mol. The predicted molar refractivity (Wildman–Crippen MR) is 82.4 cm³/mol. The van der Waals surface area contributed by atoms with E-state index in [1.807, 2.05) is 6.07 Å². The molecule has 0 amide bonds. The van der Waals surface area contributed by atoms with Gasteiger partial charge in [0.25, 0.3) is 0 Å². The first-order chi connectivity index (χ1) is 10.1. The molecular formula is C17H13ClO3. The number of ether oxygens (including phenoxy) is 1. The summed E-state index contributed by atoms with van der Waals surface area (Å²) in [4.78, 5) is 23.7. The molecule has 0 fully saturated rings. The maximum atomic E-state index is 12.5. The highest BCUT2D eigenvalue weighted by Gasteiger charge is 2.13. The minimum atomic E-state index is -0.483. The summed E-state index contributed by atoms with van der Waals surface area (Å²) in [5, 5.41) is 0.462. The van der Waals surface area contributed by atoms with Crippen molar-refractivity contribution in [2.24, 2.45) is 0 Å². The maximum absolute atomic E-state index is 12.5. The summed E-state index contributed by atoms with van der Waals surface area (Å²) >= 11 is 5.97. The Morgan fingerprint density at radius 2 is 1.81 bits per heavy atom. The van der Waals surface area contributed by atoms with Gasteiger partial charge in [0.1, 0.15) is 0 Å². The second-order valence-electron chi connectivity index (χ2n) is 4.28. The van der Waals surface area contributed by atoms with Crippen molar-refractivity contribution in [2.75, 3.05) is 7.11 Å². The molecule has 0 aromatic heterocycles. The molecule has 0 aliphatic carbocycles. The standard InChI is InChI=1S/C17H13ClO3/c1-21-16(19)10-8-12-7-9-14(18)11-15(12)17(20)13-5-3-2-4-6-13/h2-11H,1H3/b10-8+. The van der Waals surface area contributed by atoms with Gasteiger partial charge < -0.3 is 4.74 Å². The molecule has 0 bridgehead atoms. The fraction of sp³-hybridized carbons (Fsp3) is 0.0588. The Labute approximate surface area is 127 Å². The highest BCUT2D eigenvalue weighted by atomic mass is 35.5. The number of methoxy groups -OCH3 is 1. The molecule has 0 saturated carbocycles. The molecule has 4 heteroatoms. The maximum Gasteiger partial charge on any atom is 0.330 e. The van der Waals surface area contributed by atoms with E-state index in [2.05, 4.69) is 4.74 Å². The molecule has 21 heavy (non-hydrogen) atoms. The van der Waals surface area contributed by atoms with Crippen LogP contribution >= 0.6 is 11.6 Å². The minimum absolute atomic E-state index is 0.150. The van der Waals surface area contributed by atoms with Crippen molar-refractivity contribution in [1.29, 1.82) is 0 Å². The van der Waals surface area contributed by atoms with Gasteiger partial charge in [-0.2, -0.15) is 0 Å². The third-order valence-corrected chi connectivity index (χ3v) is 3.13. The molecule has 0 heterocycles. The van der Waals surface area contributed by atoms with E-state index >= 15 is 0 Å². The molecule has 0 saturated heterocycles. The first-order valence-electron chi connectivity index (χ1n) is 6.27. The number of hydrogen-bond acceptors (Lipinski definition) is 3. The van der Waals surface area contributed by atoms with Crippen molar-refractivity contribution < 1.29 is 14.3 Å². The molecule has 0 spiro atoms. The number of carbonyl (C=O) groups is 2. The van der Waals surface area contributed by atoms with Gasteiger partial charge in [-0.15, -0.1) is 0 Å². The topological polar surface area (TPSA) is 43.4 Å². The quantitative estimate of drug-likeness (QED) is 0.490. The molecule has 2 aromatic rings. The van der Waals surface area contributed by atoms with Crippen LogP contribution in [-0.4, -0.2) is 18.9 Å². The van der Waals surface area contributed by atoms with E-state index in [1.165, 1.54) is 13.2 Å². The Hall–Kier alpha value is -2.39. The van der Waals surface area contributed by atoms with Crippen LogP contribution in [0.1, 0.15) is 21.5 Å². The fourth-order valence-corrected chi connectivity index (χ4v) is 2.01. The summed E-state index contributed by atoms with van der Waals surface area (Å²) < 4.78 is 4.54. The summed E-state index contributed by atoms with van der Waals surface area (Å²) in [6.45, 7) is 0. The molecule has 0 aliphatic heterocycles. The summed E-state index contributed by atoms with van der Waals surface area (Å²) in [6, 6.07) is 13.8. The molecule has 0 N–H and O–H groups in total. The lowest BCUT2D eigenvalue weighted by Gasteiger charge is -2.06. The molecule has 2 aromatic carbocycles. The molecule has 0 radical (unpaired) electrons. The number of benzene rings is 2. The molecule has 106 valence electrons. The first kappa shape index (κ1) is 15.0. The average Bonchev–Trinajstić information content (AvgIpc) is 2.53. The van der Waals surface area contributed by atoms with Gasteiger partial charge in [0.15, 0.2) is 5.78 Å². The number of hydrogen-bond donors (Lipinski definition) is 0. The van der Waals surface area contributed by atoms with Crippen LogP contribution in [0.3, 0.4) is 0 Å². The monoisotopic (exact) mass is 300 g/mol. The van der Waals surface area contributed by atoms with E-state index in [0.717, 1.165) is 0 Å². The van der Waals surface area contributed by atoms with Crippen molar-refractivity contribution >= 4 is 29.4 Å². The third kappa shape index (κ3) is 3.80. The lowest BCUT2D eigenvalue weighted by molar-refractivity contribution is -0.134. The fourth-order valence-electron chi connectivity index (χ4n) is 1.84. The van der Waals surface area contributed by atoms with Crippen LogP contribution < -0.4 is 0 Å². The van der Waals surface area contributed by atoms with Gasteiger partial charge in [0, 0.05) is 22.2 Å². The summed E-state index contributed by atoms with van der Waals surface area (Å²) in [5.41, 5.74) is 1.61. The summed E-state index contributed by atoms with van der Waals surface area (Å²) in [7, 11) is 1.30. The van der Waals surface area contributed by atoms with Gasteiger partial charge >= 0.3 is 5.97 Å². The summed E-state index contributed by atoms with van der Waals surface area (Å²) in [6.07, 6.45) is 2.81. The van der Waals surface area contributed by atoms with Crippen molar-refractivity contribution in [3.8, 4) is 0 Å². The SMILES string of the molecule is COC(=O)/C=C/c1ccc(Cl)cc1C(=O)c1ccccc1. The number of rotatable bonds is 4. The van der Waals surface area contributed by atoms with Gasteiger partial charge in [0.2, 0.25) is 0 Å². The van der Waals surface area contributed by atoms with Crippen LogP contribution in [0, 0.1) is 0 Å². The van der Waals surface area contributed by atoms with E-state index in [9.17, 15) is 9.59 Å². The zero-order valence-corrected chi connectivity index (χ0v) is 12.1. The largest absolute Gasteiger partial charge is 0.466 e. The Bertz CT molecular complexity index is 690. The van der Waals surface area contributed by atoms with Crippen LogP contribution in [0.4, 0.5) is 0 Å². The molecule has 0 aliphatic rings. The smallest absolute Gasteiger partial charge is 0.330 e. The van der Waals surface area contributed by atoms with Crippen LogP contribution in [0.5, 0.6) is 0 Å². The highest BCUT2D eigenvalue weighted by molar-refractivity contribution is 6.31. The van der Waals surface area contributed by atoms with Crippen molar-refractivity contribution in [2.45, 2.75) is 0 Å². The average molecular weight is 301 g/mol. The van der Waals surface area contributed by atoms with E-state index in [4.69, 9.17) is 11.6 Å². The molecule has 0 unspecified atom stereocenters. The normalized spacial score (nSPS) is 10.6. The lowest BCUT2D eigenvalue weighted by Crippen LogP contribution is -2.04. The molecule has 3 nitrogen and oxygen atoms in total. The number of carbonyl (C=O) groups excluding carboxylic acids is 2. The van der Waals surface area contributed by atoms with Crippen LogP contribution in [0.25, 0.3) is 6.08 Å². The van der Waals surface area contributed by atoms with Gasteiger partial charge in [-0.05, 0) is 23.8 Å². The minimum Gasteiger partial charge on any atom is -0.466 e. The Kier molecular flexibility index (Phi) is 4.90. The van der Waals surface area contributed by atoms with Gasteiger partial charge in [-0.3, -0.25) is 4.79 Å². The van der Waals surface area contributed by atoms with Crippen LogP contribution in [0.2, 0.25) is 5.02 Å². The van der Waals surface area contributed by atoms with Gasteiger partial charge in [-0.25, -0.2) is 4.79 Å². The highest BCUT2D eigenvalue weighted by Crippen LogP contribution is 2.21. The van der Waals surface area contributed by atoms with E-state index in [1.54, 1.807) is 48.5 Å². The lowest BCUT2D eigenvalue weighted by atomic mass is 9.98. The second kappa shape index (κ2) is 6.86. The molecule has 2 rings (SSSR count). The Balaban J connectivity index is 2.42. The van der Waals surface area contributed by atoms with Crippen molar-refractivity contribution in [3.05, 3.63) is 76.3 Å². The van der Waals surface area contributed by atoms with Crippen LogP contribution in [0.15, 0.2) is 54.6 Å². The predicted octanol–water partition coefficient (Wildman–Crippen LogP) is 3.76. The van der Waals surface area contributed by atoms with E-state index in [0.29, 0.717) is 21.7 Å². The van der Waals surface area contributed by atoms with E-state index < -0.39 is 5.97 Å². The second-order valence-corrected chi connectivity index (χ2v) is 4.72. The summed E-state index contributed by atoms with van der Waals surface area (Å²) in [5.74, 6) is -0.634.